The van der Waals surface area contributed by atoms with Crippen LogP contribution in [0.5, 0.6) is 0 Å². The number of morpholine rings is 1. The van der Waals surface area contributed by atoms with E-state index in [9.17, 15) is 0 Å². The maximum Gasteiger partial charge on any atom is 0.133 e. The van der Waals surface area contributed by atoms with Gasteiger partial charge in [-0.1, -0.05) is 6.07 Å². The fourth-order valence-electron chi connectivity index (χ4n) is 2.37. The van der Waals surface area contributed by atoms with Gasteiger partial charge in [-0.05, 0) is 25.3 Å². The molecule has 0 aromatic carbocycles. The van der Waals surface area contributed by atoms with Crippen molar-refractivity contribution in [1.29, 1.82) is 0 Å². The predicted octanol–water partition coefficient (Wildman–Crippen LogP) is 3.48. The summed E-state index contributed by atoms with van der Waals surface area (Å²) in [5.74, 6) is 0. The van der Waals surface area contributed by atoms with E-state index in [1.807, 2.05) is 0 Å². The van der Waals surface area contributed by atoms with E-state index >= 15 is 0 Å². The van der Waals surface area contributed by atoms with Crippen LogP contribution in [0.25, 0.3) is 9.88 Å². The summed E-state index contributed by atoms with van der Waals surface area (Å²) < 4.78 is 5.74. The second-order valence-corrected chi connectivity index (χ2v) is 7.25. The molecule has 0 aliphatic carbocycles. The molecule has 1 fully saturated rings. The zero-order chi connectivity index (χ0) is 13.3. The van der Waals surface area contributed by atoms with E-state index in [1.165, 1.54) is 10.6 Å². The van der Waals surface area contributed by atoms with E-state index in [2.05, 4.69) is 41.6 Å². The second kappa shape index (κ2) is 5.32. The van der Waals surface area contributed by atoms with Crippen LogP contribution in [-0.4, -0.2) is 35.2 Å². The van der Waals surface area contributed by atoms with Gasteiger partial charge in [0.15, 0.2) is 0 Å². The Balaban J connectivity index is 1.67. The maximum absolute atomic E-state index is 5.74. The van der Waals surface area contributed by atoms with Gasteiger partial charge in [-0.15, -0.1) is 22.7 Å². The molecule has 0 spiro atoms. The summed E-state index contributed by atoms with van der Waals surface area (Å²) in [5.41, 5.74) is 1.14. The molecule has 102 valence electrons. The highest BCUT2D eigenvalue weighted by atomic mass is 32.1. The number of aromatic nitrogens is 1. The third-order valence-corrected chi connectivity index (χ3v) is 5.10. The van der Waals surface area contributed by atoms with Gasteiger partial charge in [0.25, 0.3) is 0 Å². The Bertz CT molecular complexity index is 533. The lowest BCUT2D eigenvalue weighted by Gasteiger charge is -2.37. The zero-order valence-corrected chi connectivity index (χ0v) is 12.9. The number of ether oxygens (including phenoxy) is 1. The van der Waals surface area contributed by atoms with Crippen molar-refractivity contribution in [2.45, 2.75) is 26.0 Å². The minimum Gasteiger partial charge on any atom is -0.373 e. The monoisotopic (exact) mass is 294 g/mol. The molecule has 3 heterocycles. The van der Waals surface area contributed by atoms with Gasteiger partial charge >= 0.3 is 0 Å². The highest BCUT2D eigenvalue weighted by molar-refractivity contribution is 7.20. The molecule has 0 N–H and O–H groups in total. The first kappa shape index (κ1) is 13.2. The van der Waals surface area contributed by atoms with Crippen LogP contribution in [0.1, 0.15) is 19.5 Å². The molecule has 1 aliphatic rings. The lowest BCUT2D eigenvalue weighted by atomic mass is 10.1. The first-order valence-electron chi connectivity index (χ1n) is 6.47. The summed E-state index contributed by atoms with van der Waals surface area (Å²) in [4.78, 5) is 8.43. The first-order chi connectivity index (χ1) is 9.12. The maximum atomic E-state index is 5.74. The van der Waals surface area contributed by atoms with Crippen molar-refractivity contribution < 1.29 is 4.74 Å². The zero-order valence-electron chi connectivity index (χ0n) is 11.3. The normalized spacial score (nSPS) is 19.7. The lowest BCUT2D eigenvalue weighted by Crippen LogP contribution is -2.47. The highest BCUT2D eigenvalue weighted by Crippen LogP contribution is 2.28. The molecule has 5 heteroatoms. The number of hydrogen-bond donors (Lipinski definition) is 0. The van der Waals surface area contributed by atoms with Gasteiger partial charge in [0.1, 0.15) is 5.01 Å². The van der Waals surface area contributed by atoms with Gasteiger partial charge in [-0.3, -0.25) is 4.90 Å². The van der Waals surface area contributed by atoms with E-state index in [-0.39, 0.29) is 5.60 Å². The summed E-state index contributed by atoms with van der Waals surface area (Å²) in [6, 6.07) is 4.21. The third kappa shape index (κ3) is 3.23. The third-order valence-electron chi connectivity index (χ3n) is 3.17. The van der Waals surface area contributed by atoms with Crippen molar-refractivity contribution in [3.63, 3.8) is 0 Å². The van der Waals surface area contributed by atoms with Crippen LogP contribution in [0.15, 0.2) is 22.9 Å². The van der Waals surface area contributed by atoms with Crippen LogP contribution in [0.2, 0.25) is 0 Å². The molecular formula is C14H18N2OS2. The molecule has 19 heavy (non-hydrogen) atoms. The predicted molar refractivity (Wildman–Crippen MR) is 80.7 cm³/mol. The summed E-state index contributed by atoms with van der Waals surface area (Å²) in [5, 5.41) is 5.41. The van der Waals surface area contributed by atoms with Gasteiger partial charge < -0.3 is 4.74 Å². The summed E-state index contributed by atoms with van der Waals surface area (Å²) >= 11 is 3.49. The van der Waals surface area contributed by atoms with Gasteiger partial charge in [-0.25, -0.2) is 4.98 Å². The lowest BCUT2D eigenvalue weighted by molar-refractivity contribution is -0.0884. The van der Waals surface area contributed by atoms with Crippen molar-refractivity contribution in [1.82, 2.24) is 9.88 Å². The largest absolute Gasteiger partial charge is 0.373 e. The van der Waals surface area contributed by atoms with E-state index in [4.69, 9.17) is 9.72 Å². The van der Waals surface area contributed by atoms with Crippen LogP contribution in [0, 0.1) is 0 Å². The van der Waals surface area contributed by atoms with Gasteiger partial charge in [-0.2, -0.15) is 0 Å². The fraction of sp³-hybridized carbons (Fsp3) is 0.500. The highest BCUT2D eigenvalue weighted by Gasteiger charge is 2.27. The number of thiophene rings is 1. The van der Waals surface area contributed by atoms with Gasteiger partial charge in [0, 0.05) is 25.0 Å². The molecule has 3 rings (SSSR count). The molecule has 0 saturated carbocycles. The van der Waals surface area contributed by atoms with Crippen molar-refractivity contribution in [3.05, 3.63) is 28.6 Å². The minimum atomic E-state index is -0.0369. The molecule has 0 unspecified atom stereocenters. The number of nitrogens with zero attached hydrogens (tertiary/aromatic N) is 2. The van der Waals surface area contributed by atoms with Gasteiger partial charge in [0.2, 0.25) is 0 Å². The van der Waals surface area contributed by atoms with E-state index in [0.717, 1.165) is 31.2 Å². The fourth-order valence-corrected chi connectivity index (χ4v) is 4.00. The number of hydrogen-bond acceptors (Lipinski definition) is 5. The van der Waals surface area contributed by atoms with Crippen molar-refractivity contribution >= 4 is 22.7 Å². The summed E-state index contributed by atoms with van der Waals surface area (Å²) in [7, 11) is 0. The Morgan fingerprint density at radius 2 is 2.32 bits per heavy atom. The average Bonchev–Trinajstić information content (AvgIpc) is 2.96. The Labute approximate surface area is 121 Å². The smallest absolute Gasteiger partial charge is 0.133 e. The SMILES string of the molecule is CC1(C)CN(Cc2csc(-c3cccs3)n2)CCO1. The minimum absolute atomic E-state index is 0.0369. The molecule has 0 bridgehead atoms. The number of rotatable bonds is 3. The molecule has 2 aromatic heterocycles. The molecule has 2 aromatic rings. The molecule has 1 aliphatic heterocycles. The van der Waals surface area contributed by atoms with Crippen molar-refractivity contribution in [3.8, 4) is 9.88 Å². The first-order valence-corrected chi connectivity index (χ1v) is 8.23. The molecule has 1 saturated heterocycles. The Kier molecular flexibility index (Phi) is 3.71. The van der Waals surface area contributed by atoms with Crippen molar-refractivity contribution in [2.24, 2.45) is 0 Å². The molecule has 0 amide bonds. The summed E-state index contributed by atoms with van der Waals surface area (Å²) in [6.45, 7) is 8.01. The van der Waals surface area contributed by atoms with E-state index in [1.54, 1.807) is 22.7 Å². The van der Waals surface area contributed by atoms with Crippen LogP contribution in [0.4, 0.5) is 0 Å². The molecule has 3 nitrogen and oxygen atoms in total. The quantitative estimate of drug-likeness (QED) is 0.866. The second-order valence-electron chi connectivity index (χ2n) is 5.44. The van der Waals surface area contributed by atoms with Crippen LogP contribution in [0.3, 0.4) is 0 Å². The standard InChI is InChI=1S/C14H18N2OS2/c1-14(2)10-16(5-6-17-14)8-11-9-19-13(15-11)12-4-3-7-18-12/h3-4,7,9H,5-6,8,10H2,1-2H3. The number of thiazole rings is 1. The topological polar surface area (TPSA) is 25.4 Å². The summed E-state index contributed by atoms with van der Waals surface area (Å²) in [6.07, 6.45) is 0. The Morgan fingerprint density at radius 1 is 1.42 bits per heavy atom. The van der Waals surface area contributed by atoms with Crippen LogP contribution in [-0.2, 0) is 11.3 Å². The Morgan fingerprint density at radius 3 is 3.05 bits per heavy atom. The van der Waals surface area contributed by atoms with Crippen LogP contribution < -0.4 is 0 Å². The van der Waals surface area contributed by atoms with Gasteiger partial charge in [0.05, 0.1) is 22.8 Å². The molecule has 0 radical (unpaired) electrons. The van der Waals surface area contributed by atoms with E-state index in [0.29, 0.717) is 0 Å². The van der Waals surface area contributed by atoms with Crippen LogP contribution >= 0.6 is 22.7 Å². The molecule has 0 atom stereocenters. The average molecular weight is 294 g/mol. The van der Waals surface area contributed by atoms with E-state index < -0.39 is 0 Å². The molecular weight excluding hydrogens is 276 g/mol. The van der Waals surface area contributed by atoms with Crippen molar-refractivity contribution in [2.75, 3.05) is 19.7 Å². The Hall–Kier alpha value is -0.750.